The molecule has 5 heteroatoms. The van der Waals surface area contributed by atoms with Crippen molar-refractivity contribution in [2.75, 3.05) is 18.1 Å². The Balaban J connectivity index is 2.86. The van der Waals surface area contributed by atoms with E-state index < -0.39 is 5.54 Å². The van der Waals surface area contributed by atoms with Crippen LogP contribution in [0.25, 0.3) is 0 Å². The Hall–Kier alpha value is -1.15. The molecule has 0 aromatic heterocycles. The molecule has 112 valence electrons. The molecule has 1 aliphatic heterocycles. The fourth-order valence-corrected chi connectivity index (χ4v) is 3.20. The smallest absolute Gasteiger partial charge is 0.249 e. The Bertz CT molecular complexity index is 399. The minimum atomic E-state index is -0.723. The Morgan fingerprint density at radius 1 is 1.35 bits per heavy atom. The molecule has 1 atom stereocenters. The van der Waals surface area contributed by atoms with E-state index in [2.05, 4.69) is 11.2 Å². The Morgan fingerprint density at radius 3 is 2.50 bits per heavy atom. The van der Waals surface area contributed by atoms with Crippen molar-refractivity contribution < 1.29 is 9.59 Å². The second-order valence-electron chi connectivity index (χ2n) is 4.96. The topological polar surface area (TPSA) is 49.4 Å². The van der Waals surface area contributed by atoms with Crippen molar-refractivity contribution >= 4 is 23.6 Å². The van der Waals surface area contributed by atoms with Crippen LogP contribution in [0.3, 0.4) is 0 Å². The number of carbonyl (C=O) groups is 2. The monoisotopic (exact) mass is 296 g/mol. The Labute approximate surface area is 126 Å². The maximum absolute atomic E-state index is 12.7. The molecule has 0 radical (unpaired) electrons. The molecule has 0 aromatic carbocycles. The average Bonchev–Trinajstić information content (AvgIpc) is 2.46. The van der Waals surface area contributed by atoms with E-state index in [1.54, 1.807) is 16.7 Å². The molecule has 0 spiro atoms. The summed E-state index contributed by atoms with van der Waals surface area (Å²) in [5.41, 5.74) is -0.723. The van der Waals surface area contributed by atoms with Gasteiger partial charge in [0.25, 0.3) is 0 Å². The highest BCUT2D eigenvalue weighted by Gasteiger charge is 2.47. The summed E-state index contributed by atoms with van der Waals surface area (Å²) in [6, 6.07) is -0.347. The predicted octanol–water partition coefficient (Wildman–Crippen LogP) is 1.65. The lowest BCUT2D eigenvalue weighted by Gasteiger charge is -2.45. The van der Waals surface area contributed by atoms with Crippen LogP contribution in [0.2, 0.25) is 0 Å². The summed E-state index contributed by atoms with van der Waals surface area (Å²) < 4.78 is 0. The first-order valence-corrected chi connectivity index (χ1v) is 8.36. The summed E-state index contributed by atoms with van der Waals surface area (Å²) in [5, 5.41) is 2.94. The summed E-state index contributed by atoms with van der Waals surface area (Å²) in [7, 11) is 0. The lowest BCUT2D eigenvalue weighted by molar-refractivity contribution is -0.155. The fourth-order valence-electron chi connectivity index (χ4n) is 2.62. The fraction of sp³-hybridized carbons (Fsp3) is 0.733. The number of hydrogen-bond acceptors (Lipinski definition) is 3. The van der Waals surface area contributed by atoms with Gasteiger partial charge in [0.15, 0.2) is 0 Å². The minimum absolute atomic E-state index is 0.0299. The Kier molecular flexibility index (Phi) is 6.41. The molecule has 1 N–H and O–H groups in total. The molecule has 2 amide bonds. The third-order valence-electron chi connectivity index (χ3n) is 3.97. The zero-order valence-corrected chi connectivity index (χ0v) is 13.4. The van der Waals surface area contributed by atoms with Crippen molar-refractivity contribution in [3.63, 3.8) is 0 Å². The normalized spacial score (nSPS) is 21.5. The second-order valence-corrected chi connectivity index (χ2v) is 6.06. The lowest BCUT2D eigenvalue weighted by Crippen LogP contribution is -2.70. The molecule has 0 aliphatic carbocycles. The number of thioether (sulfide) groups is 1. The number of nitrogens with one attached hydrogen (secondary N) is 1. The third-order valence-corrected chi connectivity index (χ3v) is 4.81. The van der Waals surface area contributed by atoms with Gasteiger partial charge in [-0.2, -0.15) is 0 Å². The molecular weight excluding hydrogens is 272 g/mol. The van der Waals surface area contributed by atoms with Crippen molar-refractivity contribution in [3.05, 3.63) is 0 Å². The number of piperazine rings is 1. The van der Waals surface area contributed by atoms with E-state index in [1.807, 2.05) is 20.8 Å². The minimum Gasteiger partial charge on any atom is -0.340 e. The van der Waals surface area contributed by atoms with Crippen molar-refractivity contribution in [3.8, 4) is 12.3 Å². The van der Waals surface area contributed by atoms with Gasteiger partial charge in [0.1, 0.15) is 11.6 Å². The van der Waals surface area contributed by atoms with E-state index in [0.717, 1.165) is 5.75 Å². The van der Waals surface area contributed by atoms with Crippen LogP contribution in [0.5, 0.6) is 0 Å². The number of nitrogens with zero attached hydrogens (tertiary/aromatic N) is 1. The first-order chi connectivity index (χ1) is 9.56. The molecule has 0 bridgehead atoms. The molecular formula is C15H24N2O2S. The predicted molar refractivity (Wildman–Crippen MR) is 83.4 cm³/mol. The van der Waals surface area contributed by atoms with E-state index in [-0.39, 0.29) is 17.9 Å². The first-order valence-electron chi connectivity index (χ1n) is 7.20. The van der Waals surface area contributed by atoms with Crippen molar-refractivity contribution in [1.82, 2.24) is 10.2 Å². The van der Waals surface area contributed by atoms with Crippen LogP contribution in [-0.2, 0) is 9.59 Å². The van der Waals surface area contributed by atoms with Gasteiger partial charge >= 0.3 is 0 Å². The van der Waals surface area contributed by atoms with Crippen molar-refractivity contribution in [1.29, 1.82) is 0 Å². The first kappa shape index (κ1) is 16.9. The van der Waals surface area contributed by atoms with Crippen LogP contribution in [0.15, 0.2) is 0 Å². The number of amides is 2. The lowest BCUT2D eigenvalue weighted by atomic mass is 9.86. The van der Waals surface area contributed by atoms with Crippen molar-refractivity contribution in [2.45, 2.75) is 51.6 Å². The Morgan fingerprint density at radius 2 is 2.00 bits per heavy atom. The van der Waals surface area contributed by atoms with Gasteiger partial charge in [-0.15, -0.1) is 18.2 Å². The van der Waals surface area contributed by atoms with E-state index in [0.29, 0.717) is 31.6 Å². The molecule has 0 aromatic rings. The van der Waals surface area contributed by atoms with E-state index in [1.165, 1.54) is 0 Å². The molecule has 1 saturated heterocycles. The van der Waals surface area contributed by atoms with Gasteiger partial charge in [-0.3, -0.25) is 9.59 Å². The molecule has 1 aliphatic rings. The highest BCUT2D eigenvalue weighted by molar-refractivity contribution is 7.99. The number of hydrogen-bond donors (Lipinski definition) is 1. The standard InChI is InChI=1S/C15H24N2O2S/c1-5-10-20-11-9-17-12(6-2)13(18)16-15(7-3,8-4)14(17)19/h1,12H,6-11H2,2-4H3,(H,16,18). The molecule has 4 nitrogen and oxygen atoms in total. The molecule has 1 fully saturated rings. The summed E-state index contributed by atoms with van der Waals surface area (Å²) in [5.74, 6) is 3.99. The summed E-state index contributed by atoms with van der Waals surface area (Å²) in [6.45, 7) is 6.40. The van der Waals surface area contributed by atoms with Crippen LogP contribution in [0.1, 0.15) is 40.0 Å². The van der Waals surface area contributed by atoms with Gasteiger partial charge in [0.2, 0.25) is 11.8 Å². The van der Waals surface area contributed by atoms with Crippen molar-refractivity contribution in [2.24, 2.45) is 0 Å². The van der Waals surface area contributed by atoms with Crippen LogP contribution in [0.4, 0.5) is 0 Å². The highest BCUT2D eigenvalue weighted by atomic mass is 32.2. The van der Waals surface area contributed by atoms with Gasteiger partial charge in [-0.05, 0) is 19.3 Å². The maximum atomic E-state index is 12.7. The van der Waals surface area contributed by atoms with Crippen LogP contribution in [0, 0.1) is 12.3 Å². The van der Waals surface area contributed by atoms with Crippen LogP contribution in [-0.4, -0.2) is 46.3 Å². The summed E-state index contributed by atoms with van der Waals surface area (Å²) in [4.78, 5) is 26.8. The average molecular weight is 296 g/mol. The third kappa shape index (κ3) is 3.29. The van der Waals surface area contributed by atoms with E-state index in [4.69, 9.17) is 6.42 Å². The number of terminal acetylenes is 1. The van der Waals surface area contributed by atoms with Gasteiger partial charge in [-0.25, -0.2) is 0 Å². The van der Waals surface area contributed by atoms with Gasteiger partial charge in [0.05, 0.1) is 5.75 Å². The quantitative estimate of drug-likeness (QED) is 0.574. The molecule has 1 heterocycles. The van der Waals surface area contributed by atoms with Gasteiger partial charge in [-0.1, -0.05) is 26.7 Å². The molecule has 1 unspecified atom stereocenters. The van der Waals surface area contributed by atoms with Crippen LogP contribution >= 0.6 is 11.8 Å². The summed E-state index contributed by atoms with van der Waals surface area (Å²) >= 11 is 1.62. The maximum Gasteiger partial charge on any atom is 0.249 e. The highest BCUT2D eigenvalue weighted by Crippen LogP contribution is 2.26. The number of carbonyl (C=O) groups excluding carboxylic acids is 2. The number of rotatable bonds is 7. The molecule has 1 rings (SSSR count). The van der Waals surface area contributed by atoms with E-state index in [9.17, 15) is 9.59 Å². The second kappa shape index (κ2) is 7.58. The zero-order valence-electron chi connectivity index (χ0n) is 12.6. The van der Waals surface area contributed by atoms with Gasteiger partial charge in [0, 0.05) is 12.3 Å². The summed E-state index contributed by atoms with van der Waals surface area (Å²) in [6.07, 6.45) is 7.11. The molecule has 20 heavy (non-hydrogen) atoms. The SMILES string of the molecule is C#CCSCCN1C(=O)C(CC)(CC)NC(=O)C1CC. The van der Waals surface area contributed by atoms with E-state index >= 15 is 0 Å². The largest absolute Gasteiger partial charge is 0.340 e. The van der Waals surface area contributed by atoms with Gasteiger partial charge < -0.3 is 10.2 Å². The zero-order chi connectivity index (χ0) is 15.2. The van der Waals surface area contributed by atoms with Crippen LogP contribution < -0.4 is 5.32 Å². The molecule has 0 saturated carbocycles.